The summed E-state index contributed by atoms with van der Waals surface area (Å²) in [5, 5.41) is 10.5. The van der Waals surface area contributed by atoms with E-state index in [9.17, 15) is 14.3 Å². The molecule has 2 aromatic rings. The van der Waals surface area contributed by atoms with Crippen LogP contribution in [0.25, 0.3) is 0 Å². The van der Waals surface area contributed by atoms with Gasteiger partial charge in [0.05, 0.1) is 6.10 Å². The number of likely N-dealkylation sites (tertiary alicyclic amines) is 1. The van der Waals surface area contributed by atoms with Crippen LogP contribution in [0.1, 0.15) is 36.5 Å². The molecule has 1 amide bonds. The molecule has 1 aliphatic heterocycles. The predicted molar refractivity (Wildman–Crippen MR) is 95.4 cm³/mol. The van der Waals surface area contributed by atoms with Crippen molar-refractivity contribution in [3.05, 3.63) is 71.5 Å². The number of hydrogen-bond donors (Lipinski definition) is 1. The van der Waals surface area contributed by atoms with E-state index in [0.717, 1.165) is 18.4 Å². The Morgan fingerprint density at radius 2 is 1.72 bits per heavy atom. The fourth-order valence-electron chi connectivity index (χ4n) is 3.49. The smallest absolute Gasteiger partial charge is 0.222 e. The van der Waals surface area contributed by atoms with E-state index < -0.39 is 6.10 Å². The van der Waals surface area contributed by atoms with Gasteiger partial charge in [-0.3, -0.25) is 4.79 Å². The van der Waals surface area contributed by atoms with Crippen LogP contribution in [0.15, 0.2) is 54.6 Å². The Labute approximate surface area is 148 Å². The normalized spacial score (nSPS) is 16.6. The number of piperidine rings is 1. The molecule has 4 heteroatoms. The molecule has 1 N–H and O–H groups in total. The molecule has 3 rings (SSSR count). The number of hydrogen-bond acceptors (Lipinski definition) is 2. The van der Waals surface area contributed by atoms with E-state index in [1.165, 1.54) is 6.07 Å². The zero-order valence-electron chi connectivity index (χ0n) is 14.3. The van der Waals surface area contributed by atoms with Gasteiger partial charge in [0.1, 0.15) is 5.82 Å². The van der Waals surface area contributed by atoms with Gasteiger partial charge in [0.15, 0.2) is 0 Å². The van der Waals surface area contributed by atoms with Gasteiger partial charge in [-0.1, -0.05) is 48.5 Å². The van der Waals surface area contributed by atoms with Crippen molar-refractivity contribution < 1.29 is 14.3 Å². The van der Waals surface area contributed by atoms with E-state index in [1.54, 1.807) is 18.2 Å². The van der Waals surface area contributed by atoms with Crippen molar-refractivity contribution in [2.24, 2.45) is 5.92 Å². The van der Waals surface area contributed by atoms with Crippen LogP contribution >= 0.6 is 0 Å². The average molecular weight is 341 g/mol. The maximum absolute atomic E-state index is 13.6. The molecule has 132 valence electrons. The van der Waals surface area contributed by atoms with Crippen LogP contribution in [0.2, 0.25) is 0 Å². The number of benzene rings is 2. The van der Waals surface area contributed by atoms with Crippen molar-refractivity contribution in [2.75, 3.05) is 13.1 Å². The Balaban J connectivity index is 1.48. The summed E-state index contributed by atoms with van der Waals surface area (Å²) in [7, 11) is 0. The third-order valence-electron chi connectivity index (χ3n) is 5.05. The lowest BCUT2D eigenvalue weighted by Gasteiger charge is -2.34. The Bertz CT molecular complexity index is 696. The molecule has 1 atom stereocenters. The minimum Gasteiger partial charge on any atom is -0.388 e. The summed E-state index contributed by atoms with van der Waals surface area (Å²) in [6, 6.07) is 16.3. The third kappa shape index (κ3) is 4.45. The van der Waals surface area contributed by atoms with Gasteiger partial charge in [-0.25, -0.2) is 4.39 Å². The molecule has 0 aliphatic carbocycles. The molecule has 1 fully saturated rings. The second-order valence-corrected chi connectivity index (χ2v) is 6.67. The highest BCUT2D eigenvalue weighted by Crippen LogP contribution is 2.30. The number of carbonyl (C=O) groups is 1. The van der Waals surface area contributed by atoms with Crippen LogP contribution in [-0.2, 0) is 11.2 Å². The Morgan fingerprint density at radius 1 is 1.08 bits per heavy atom. The summed E-state index contributed by atoms with van der Waals surface area (Å²) in [6.07, 6.45) is 1.87. The Morgan fingerprint density at radius 3 is 2.40 bits per heavy atom. The molecule has 1 heterocycles. The minimum absolute atomic E-state index is 0.0657. The largest absolute Gasteiger partial charge is 0.388 e. The van der Waals surface area contributed by atoms with Crippen molar-refractivity contribution in [1.82, 2.24) is 4.90 Å². The number of amides is 1. The first kappa shape index (κ1) is 17.6. The van der Waals surface area contributed by atoms with Crippen LogP contribution < -0.4 is 0 Å². The molecule has 1 saturated heterocycles. The van der Waals surface area contributed by atoms with Gasteiger partial charge in [-0.15, -0.1) is 0 Å². The summed E-state index contributed by atoms with van der Waals surface area (Å²) >= 11 is 0. The van der Waals surface area contributed by atoms with Crippen molar-refractivity contribution in [3.8, 4) is 0 Å². The molecule has 25 heavy (non-hydrogen) atoms. The number of rotatable bonds is 5. The van der Waals surface area contributed by atoms with Gasteiger partial charge < -0.3 is 10.0 Å². The number of carbonyl (C=O) groups excluding carboxylic acids is 1. The van der Waals surface area contributed by atoms with E-state index in [1.807, 2.05) is 35.2 Å². The molecule has 1 aliphatic rings. The molecule has 2 aromatic carbocycles. The number of aryl methyl sites for hydroxylation is 1. The lowest BCUT2D eigenvalue weighted by Crippen LogP contribution is -2.39. The topological polar surface area (TPSA) is 40.5 Å². The van der Waals surface area contributed by atoms with Crippen LogP contribution in [0.3, 0.4) is 0 Å². The van der Waals surface area contributed by atoms with Crippen LogP contribution in [-0.4, -0.2) is 29.0 Å². The SMILES string of the molecule is O=C(CCc1ccccc1F)N1CCC([C@@H](O)c2ccccc2)CC1. The highest BCUT2D eigenvalue weighted by Gasteiger charge is 2.28. The molecule has 0 radical (unpaired) electrons. The van der Waals surface area contributed by atoms with Gasteiger partial charge in [-0.2, -0.15) is 0 Å². The van der Waals surface area contributed by atoms with Gasteiger partial charge in [0.25, 0.3) is 0 Å². The van der Waals surface area contributed by atoms with Crippen molar-refractivity contribution in [3.63, 3.8) is 0 Å². The lowest BCUT2D eigenvalue weighted by atomic mass is 9.87. The fraction of sp³-hybridized carbons (Fsp3) is 0.381. The van der Waals surface area contributed by atoms with Gasteiger partial charge in [0.2, 0.25) is 5.91 Å². The molecule has 0 aromatic heterocycles. The number of halogens is 1. The summed E-state index contributed by atoms with van der Waals surface area (Å²) in [4.78, 5) is 14.2. The molecule has 0 saturated carbocycles. The number of aliphatic hydroxyl groups is 1. The third-order valence-corrected chi connectivity index (χ3v) is 5.05. The fourth-order valence-corrected chi connectivity index (χ4v) is 3.49. The monoisotopic (exact) mass is 341 g/mol. The van der Waals surface area contributed by atoms with Crippen molar-refractivity contribution in [2.45, 2.75) is 31.8 Å². The van der Waals surface area contributed by atoms with Gasteiger partial charge >= 0.3 is 0 Å². The zero-order valence-corrected chi connectivity index (χ0v) is 14.3. The minimum atomic E-state index is -0.475. The summed E-state index contributed by atoms with van der Waals surface area (Å²) in [6.45, 7) is 1.31. The first-order valence-corrected chi connectivity index (χ1v) is 8.89. The highest BCUT2D eigenvalue weighted by atomic mass is 19.1. The van der Waals surface area contributed by atoms with Crippen LogP contribution in [0, 0.1) is 11.7 Å². The van der Waals surface area contributed by atoms with Crippen molar-refractivity contribution in [1.29, 1.82) is 0 Å². The first-order chi connectivity index (χ1) is 12.1. The number of aliphatic hydroxyl groups excluding tert-OH is 1. The summed E-state index contributed by atoms with van der Waals surface area (Å²) in [5.41, 5.74) is 1.53. The maximum atomic E-state index is 13.6. The summed E-state index contributed by atoms with van der Waals surface area (Å²) in [5.74, 6) is -0.00564. The Hall–Kier alpha value is -2.20. The summed E-state index contributed by atoms with van der Waals surface area (Å²) < 4.78 is 13.6. The lowest BCUT2D eigenvalue weighted by molar-refractivity contribution is -0.133. The van der Waals surface area contributed by atoms with Gasteiger partial charge in [-0.05, 0) is 42.4 Å². The highest BCUT2D eigenvalue weighted by molar-refractivity contribution is 5.76. The molecule has 0 unspecified atom stereocenters. The second kappa shape index (κ2) is 8.26. The van der Waals surface area contributed by atoms with E-state index in [4.69, 9.17) is 0 Å². The van der Waals surface area contributed by atoms with Crippen molar-refractivity contribution >= 4 is 5.91 Å². The maximum Gasteiger partial charge on any atom is 0.222 e. The molecular formula is C21H24FNO2. The standard InChI is InChI=1S/C21H24FNO2/c22-19-9-5-4-6-16(19)10-11-20(24)23-14-12-18(13-15-23)21(25)17-7-2-1-3-8-17/h1-9,18,21,25H,10-15H2/t21-/m0/s1. The average Bonchev–Trinajstić information content (AvgIpc) is 2.67. The van der Waals surface area contributed by atoms with E-state index >= 15 is 0 Å². The van der Waals surface area contributed by atoms with Gasteiger partial charge in [0, 0.05) is 19.5 Å². The van der Waals surface area contributed by atoms with Crippen LogP contribution in [0.5, 0.6) is 0 Å². The zero-order chi connectivity index (χ0) is 17.6. The van der Waals surface area contributed by atoms with E-state index in [0.29, 0.717) is 31.5 Å². The first-order valence-electron chi connectivity index (χ1n) is 8.89. The van der Waals surface area contributed by atoms with E-state index in [2.05, 4.69) is 0 Å². The quantitative estimate of drug-likeness (QED) is 0.900. The Kier molecular flexibility index (Phi) is 5.82. The van der Waals surface area contributed by atoms with E-state index in [-0.39, 0.29) is 17.6 Å². The molecule has 0 bridgehead atoms. The molecular weight excluding hydrogens is 317 g/mol. The predicted octanol–water partition coefficient (Wildman–Crippen LogP) is 3.73. The number of nitrogens with zero attached hydrogens (tertiary/aromatic N) is 1. The van der Waals surface area contributed by atoms with Crippen LogP contribution in [0.4, 0.5) is 4.39 Å². The molecule has 3 nitrogen and oxygen atoms in total. The second-order valence-electron chi connectivity index (χ2n) is 6.67. The molecule has 0 spiro atoms.